The van der Waals surface area contributed by atoms with Gasteiger partial charge in [0.1, 0.15) is 10.7 Å². The zero-order valence-electron chi connectivity index (χ0n) is 12.1. The van der Waals surface area contributed by atoms with Crippen LogP contribution in [0.3, 0.4) is 0 Å². The van der Waals surface area contributed by atoms with Crippen molar-refractivity contribution in [2.45, 2.75) is 13.8 Å². The molecule has 0 aliphatic rings. The minimum absolute atomic E-state index is 0.293. The third-order valence-corrected chi connectivity index (χ3v) is 2.81. The maximum atomic E-state index is 5.73. The Morgan fingerprint density at radius 1 is 1.26 bits per heavy atom. The van der Waals surface area contributed by atoms with Crippen molar-refractivity contribution < 1.29 is 0 Å². The van der Waals surface area contributed by atoms with Crippen LogP contribution in [-0.2, 0) is 0 Å². The lowest BCUT2D eigenvalue weighted by molar-refractivity contribution is 0.408. The Hall–Kier alpha value is -1.27. The van der Waals surface area contributed by atoms with E-state index in [-0.39, 0.29) is 0 Å². The summed E-state index contributed by atoms with van der Waals surface area (Å²) in [5.41, 5.74) is 6.34. The second-order valence-electron chi connectivity index (χ2n) is 5.24. The minimum Gasteiger partial charge on any atom is -0.388 e. The molecule has 106 valence electrons. The Kier molecular flexibility index (Phi) is 6.11. The zero-order chi connectivity index (χ0) is 14.4. The van der Waals surface area contributed by atoms with E-state index in [1.54, 1.807) is 12.4 Å². The fourth-order valence-corrected chi connectivity index (χ4v) is 1.93. The van der Waals surface area contributed by atoms with Gasteiger partial charge < -0.3 is 15.5 Å². The van der Waals surface area contributed by atoms with Crippen molar-refractivity contribution in [1.82, 2.24) is 14.9 Å². The Morgan fingerprint density at radius 2 is 1.89 bits per heavy atom. The highest BCUT2D eigenvalue weighted by Crippen LogP contribution is 2.16. The van der Waals surface area contributed by atoms with Crippen molar-refractivity contribution in [1.29, 1.82) is 0 Å². The summed E-state index contributed by atoms with van der Waals surface area (Å²) in [6, 6.07) is 0. The molecule has 0 radical (unpaired) electrons. The molecule has 19 heavy (non-hydrogen) atoms. The average molecular weight is 281 g/mol. The zero-order valence-corrected chi connectivity index (χ0v) is 12.9. The Labute approximate surface area is 120 Å². The molecule has 0 amide bonds. The van der Waals surface area contributed by atoms with Crippen LogP contribution >= 0.6 is 12.2 Å². The van der Waals surface area contributed by atoms with Gasteiger partial charge in [-0.25, -0.2) is 9.97 Å². The monoisotopic (exact) mass is 281 g/mol. The number of likely N-dealkylation sites (N-methyl/N-ethyl adjacent to an activating group) is 1. The predicted molar refractivity (Wildman–Crippen MR) is 83.5 cm³/mol. The second-order valence-corrected chi connectivity index (χ2v) is 5.68. The molecule has 0 spiro atoms. The van der Waals surface area contributed by atoms with Gasteiger partial charge >= 0.3 is 0 Å². The summed E-state index contributed by atoms with van der Waals surface area (Å²) in [6.07, 6.45) is 3.30. The van der Waals surface area contributed by atoms with Gasteiger partial charge in [0.25, 0.3) is 0 Å². The van der Waals surface area contributed by atoms with Gasteiger partial charge in [-0.05, 0) is 20.0 Å². The Morgan fingerprint density at radius 3 is 2.42 bits per heavy atom. The number of anilines is 1. The molecule has 1 heterocycles. The SMILES string of the molecule is CC(C)CN(CCN(C)C)c1nccnc1C(N)=S. The summed E-state index contributed by atoms with van der Waals surface area (Å²) in [5.74, 6) is 1.31. The number of rotatable bonds is 7. The molecule has 0 saturated heterocycles. The highest BCUT2D eigenvalue weighted by Gasteiger charge is 2.16. The third-order valence-electron chi connectivity index (χ3n) is 2.61. The fourth-order valence-electron chi connectivity index (χ4n) is 1.78. The highest BCUT2D eigenvalue weighted by molar-refractivity contribution is 7.80. The lowest BCUT2D eigenvalue weighted by Gasteiger charge is -2.28. The quantitative estimate of drug-likeness (QED) is 0.756. The number of nitrogens with two attached hydrogens (primary N) is 1. The van der Waals surface area contributed by atoms with Crippen molar-refractivity contribution in [3.05, 3.63) is 18.1 Å². The molecule has 5 nitrogen and oxygen atoms in total. The van der Waals surface area contributed by atoms with Crippen LogP contribution in [-0.4, -0.2) is 53.6 Å². The standard InChI is InChI=1S/C13H23N5S/c1-10(2)9-18(8-7-17(3)4)13-11(12(14)19)15-5-6-16-13/h5-6,10H,7-9H2,1-4H3,(H2,14,19). The summed E-state index contributed by atoms with van der Waals surface area (Å²) in [6.45, 7) is 7.08. The third kappa shape index (κ3) is 5.08. The first-order valence-corrected chi connectivity index (χ1v) is 6.83. The fraction of sp³-hybridized carbons (Fsp3) is 0.615. The predicted octanol–water partition coefficient (Wildman–Crippen LogP) is 1.13. The molecule has 0 aromatic carbocycles. The van der Waals surface area contributed by atoms with Crippen LogP contribution in [0.1, 0.15) is 19.5 Å². The van der Waals surface area contributed by atoms with Crippen LogP contribution < -0.4 is 10.6 Å². The van der Waals surface area contributed by atoms with Crippen LogP contribution in [0.2, 0.25) is 0 Å². The van der Waals surface area contributed by atoms with Crippen LogP contribution in [0.4, 0.5) is 5.82 Å². The normalized spacial score (nSPS) is 11.1. The van der Waals surface area contributed by atoms with Gasteiger partial charge in [0, 0.05) is 32.0 Å². The summed E-state index contributed by atoms with van der Waals surface area (Å²) >= 11 is 5.06. The van der Waals surface area contributed by atoms with Gasteiger partial charge in [0.15, 0.2) is 5.82 Å². The van der Waals surface area contributed by atoms with Crippen LogP contribution in [0.25, 0.3) is 0 Å². The molecule has 2 N–H and O–H groups in total. The van der Waals surface area contributed by atoms with Gasteiger partial charge in [0.2, 0.25) is 0 Å². The number of nitrogens with zero attached hydrogens (tertiary/aromatic N) is 4. The van der Waals surface area contributed by atoms with E-state index >= 15 is 0 Å². The van der Waals surface area contributed by atoms with Gasteiger partial charge in [-0.15, -0.1) is 0 Å². The number of hydrogen-bond acceptors (Lipinski definition) is 5. The first-order valence-electron chi connectivity index (χ1n) is 6.42. The molecule has 1 aromatic heterocycles. The lowest BCUT2D eigenvalue weighted by atomic mass is 10.2. The van der Waals surface area contributed by atoms with Crippen LogP contribution in [0, 0.1) is 5.92 Å². The van der Waals surface area contributed by atoms with Crippen molar-refractivity contribution >= 4 is 23.0 Å². The maximum absolute atomic E-state index is 5.73. The molecular weight excluding hydrogens is 258 g/mol. The number of aromatic nitrogens is 2. The maximum Gasteiger partial charge on any atom is 0.157 e. The van der Waals surface area contributed by atoms with Gasteiger partial charge in [-0.3, -0.25) is 0 Å². The van der Waals surface area contributed by atoms with Crippen molar-refractivity contribution in [3.8, 4) is 0 Å². The molecule has 0 fully saturated rings. The van der Waals surface area contributed by atoms with E-state index in [1.807, 2.05) is 0 Å². The van der Waals surface area contributed by atoms with Gasteiger partial charge in [-0.1, -0.05) is 26.1 Å². The van der Waals surface area contributed by atoms with E-state index in [2.05, 4.69) is 47.7 Å². The lowest BCUT2D eigenvalue weighted by Crippen LogP contribution is -2.36. The molecule has 0 bridgehead atoms. The minimum atomic E-state index is 0.293. The number of hydrogen-bond donors (Lipinski definition) is 1. The molecule has 6 heteroatoms. The molecule has 0 aliphatic carbocycles. The summed E-state index contributed by atoms with van der Waals surface area (Å²) < 4.78 is 0. The molecule has 0 unspecified atom stereocenters. The van der Waals surface area contributed by atoms with Crippen molar-refractivity contribution in [2.24, 2.45) is 11.7 Å². The van der Waals surface area contributed by atoms with Crippen LogP contribution in [0.5, 0.6) is 0 Å². The average Bonchev–Trinajstić information content (AvgIpc) is 2.33. The Bertz CT molecular complexity index is 419. The Balaban J connectivity index is 2.99. The van der Waals surface area contributed by atoms with E-state index in [9.17, 15) is 0 Å². The van der Waals surface area contributed by atoms with Crippen molar-refractivity contribution in [3.63, 3.8) is 0 Å². The van der Waals surface area contributed by atoms with Crippen molar-refractivity contribution in [2.75, 3.05) is 38.6 Å². The summed E-state index contributed by atoms with van der Waals surface area (Å²) in [7, 11) is 4.11. The van der Waals surface area contributed by atoms with E-state index in [0.29, 0.717) is 16.6 Å². The highest BCUT2D eigenvalue weighted by atomic mass is 32.1. The van der Waals surface area contributed by atoms with Gasteiger partial charge in [0.05, 0.1) is 0 Å². The second kappa shape index (κ2) is 7.35. The van der Waals surface area contributed by atoms with E-state index in [4.69, 9.17) is 18.0 Å². The van der Waals surface area contributed by atoms with E-state index in [1.165, 1.54) is 0 Å². The molecule has 0 atom stereocenters. The number of thiocarbonyl (C=S) groups is 1. The molecule has 1 rings (SSSR count). The molecule has 1 aromatic rings. The molecule has 0 saturated carbocycles. The molecular formula is C13H23N5S. The van der Waals surface area contributed by atoms with E-state index < -0.39 is 0 Å². The largest absolute Gasteiger partial charge is 0.388 e. The summed E-state index contributed by atoms with van der Waals surface area (Å²) in [5, 5.41) is 0. The first-order chi connectivity index (χ1) is 8.91. The van der Waals surface area contributed by atoms with Gasteiger partial charge in [-0.2, -0.15) is 0 Å². The molecule has 0 aliphatic heterocycles. The first kappa shape index (κ1) is 15.8. The summed E-state index contributed by atoms with van der Waals surface area (Å²) in [4.78, 5) is 13.3. The van der Waals surface area contributed by atoms with E-state index in [0.717, 1.165) is 25.5 Å². The topological polar surface area (TPSA) is 58.3 Å². The smallest absolute Gasteiger partial charge is 0.157 e. The van der Waals surface area contributed by atoms with Crippen LogP contribution in [0.15, 0.2) is 12.4 Å².